The zero-order valence-electron chi connectivity index (χ0n) is 14.5. The van der Waals surface area contributed by atoms with Crippen LogP contribution in [-0.2, 0) is 13.2 Å². The van der Waals surface area contributed by atoms with Gasteiger partial charge in [-0.25, -0.2) is 4.39 Å². The molecule has 0 fully saturated rings. The summed E-state index contributed by atoms with van der Waals surface area (Å²) < 4.78 is 20.0. The number of aryl methyl sites for hydroxylation is 1. The molecule has 0 aromatic heterocycles. The van der Waals surface area contributed by atoms with Gasteiger partial charge in [-0.15, -0.1) is 0 Å². The lowest BCUT2D eigenvalue weighted by Crippen LogP contribution is -2.02. The van der Waals surface area contributed by atoms with Crippen LogP contribution in [0.5, 0.6) is 5.75 Å². The number of nitrogens with one attached hydrogen (secondary N) is 1. The second-order valence-corrected chi connectivity index (χ2v) is 7.85. The summed E-state index contributed by atoms with van der Waals surface area (Å²) in [7, 11) is 0. The molecule has 0 bridgehead atoms. The van der Waals surface area contributed by atoms with Gasteiger partial charge in [-0.3, -0.25) is 0 Å². The van der Waals surface area contributed by atoms with E-state index in [-0.39, 0.29) is 12.4 Å². The van der Waals surface area contributed by atoms with E-state index >= 15 is 0 Å². The van der Waals surface area contributed by atoms with Crippen LogP contribution in [0.3, 0.4) is 0 Å². The normalized spacial score (nSPS) is 10.7. The molecule has 0 heterocycles. The van der Waals surface area contributed by atoms with Gasteiger partial charge >= 0.3 is 0 Å². The Morgan fingerprint density at radius 3 is 2.41 bits per heavy atom. The number of hydrogen-bond donors (Lipinski definition) is 1. The van der Waals surface area contributed by atoms with Crippen molar-refractivity contribution in [2.24, 2.45) is 0 Å². The van der Waals surface area contributed by atoms with Crippen molar-refractivity contribution in [2.75, 3.05) is 5.32 Å². The van der Waals surface area contributed by atoms with Gasteiger partial charge in [-0.05, 0) is 66.1 Å². The number of hydrogen-bond acceptors (Lipinski definition) is 2. The Hall–Kier alpha value is -1.75. The Balaban J connectivity index is 1.68. The van der Waals surface area contributed by atoms with Crippen LogP contribution in [-0.4, -0.2) is 0 Å². The van der Waals surface area contributed by atoms with Crippen LogP contribution in [0, 0.1) is 12.7 Å². The molecule has 0 saturated carbocycles. The van der Waals surface area contributed by atoms with Crippen molar-refractivity contribution in [3.05, 3.63) is 91.6 Å². The predicted octanol–water partition coefficient (Wildman–Crippen LogP) is 7.39. The zero-order valence-corrected chi connectivity index (χ0v) is 17.6. The molecule has 3 aromatic rings. The highest BCUT2D eigenvalue weighted by atomic mass is 79.9. The molecule has 27 heavy (non-hydrogen) atoms. The molecule has 0 aliphatic rings. The second kappa shape index (κ2) is 8.96. The van der Waals surface area contributed by atoms with Crippen molar-refractivity contribution in [3.63, 3.8) is 0 Å². The molecular weight excluding hydrogens is 452 g/mol. The first kappa shape index (κ1) is 20.0. The topological polar surface area (TPSA) is 21.3 Å². The molecule has 3 aromatic carbocycles. The van der Waals surface area contributed by atoms with Gasteiger partial charge in [0, 0.05) is 16.7 Å². The molecule has 0 saturated heterocycles. The van der Waals surface area contributed by atoms with Gasteiger partial charge in [0.25, 0.3) is 0 Å². The van der Waals surface area contributed by atoms with Gasteiger partial charge in [-0.2, -0.15) is 0 Å². The lowest BCUT2D eigenvalue weighted by molar-refractivity contribution is 0.306. The molecule has 6 heteroatoms. The molecule has 0 unspecified atom stereocenters. The Labute approximate surface area is 176 Å². The lowest BCUT2D eigenvalue weighted by Gasteiger charge is -2.14. The molecule has 0 amide bonds. The van der Waals surface area contributed by atoms with Gasteiger partial charge in [0.05, 0.1) is 10.0 Å². The number of anilines is 1. The molecular formula is C21H17BrCl2FNO. The van der Waals surface area contributed by atoms with Crippen molar-refractivity contribution in [1.29, 1.82) is 0 Å². The minimum atomic E-state index is -0.307. The smallest absolute Gasteiger partial charge is 0.156 e. The van der Waals surface area contributed by atoms with E-state index in [1.807, 2.05) is 37.3 Å². The quantitative estimate of drug-likeness (QED) is 0.407. The van der Waals surface area contributed by atoms with Crippen molar-refractivity contribution >= 4 is 44.8 Å². The number of halogens is 4. The fourth-order valence-corrected chi connectivity index (χ4v) is 3.77. The maximum Gasteiger partial charge on any atom is 0.156 e. The van der Waals surface area contributed by atoms with Crippen LogP contribution >= 0.6 is 39.1 Å². The molecule has 0 atom stereocenters. The van der Waals surface area contributed by atoms with Crippen molar-refractivity contribution in [1.82, 2.24) is 0 Å². The largest absolute Gasteiger partial charge is 0.486 e. The first-order valence-corrected chi connectivity index (χ1v) is 9.82. The number of benzene rings is 3. The maximum atomic E-state index is 13.3. The average Bonchev–Trinajstić information content (AvgIpc) is 2.60. The fourth-order valence-electron chi connectivity index (χ4n) is 2.66. The summed E-state index contributed by atoms with van der Waals surface area (Å²) in [5, 5.41) is 4.21. The first-order valence-electron chi connectivity index (χ1n) is 8.27. The third-order valence-electron chi connectivity index (χ3n) is 4.00. The molecule has 1 N–H and O–H groups in total. The molecule has 0 radical (unpaired) electrons. The lowest BCUT2D eigenvalue weighted by atomic mass is 10.1. The molecule has 140 valence electrons. The highest BCUT2D eigenvalue weighted by Gasteiger charge is 2.11. The minimum Gasteiger partial charge on any atom is -0.486 e. The van der Waals surface area contributed by atoms with E-state index in [1.54, 1.807) is 12.1 Å². The van der Waals surface area contributed by atoms with E-state index in [4.69, 9.17) is 27.9 Å². The summed E-state index contributed by atoms with van der Waals surface area (Å²) in [6, 6.07) is 15.9. The van der Waals surface area contributed by atoms with Crippen molar-refractivity contribution < 1.29 is 9.13 Å². The average molecular weight is 469 g/mol. The van der Waals surface area contributed by atoms with E-state index < -0.39 is 0 Å². The Kier molecular flexibility index (Phi) is 6.64. The van der Waals surface area contributed by atoms with E-state index in [0.29, 0.717) is 27.9 Å². The van der Waals surface area contributed by atoms with Crippen molar-refractivity contribution in [2.45, 2.75) is 20.1 Å². The van der Waals surface area contributed by atoms with Gasteiger partial charge in [0.15, 0.2) is 5.75 Å². The van der Waals surface area contributed by atoms with Gasteiger partial charge in [-0.1, -0.05) is 51.3 Å². The number of rotatable bonds is 6. The van der Waals surface area contributed by atoms with E-state index in [2.05, 4.69) is 21.2 Å². The van der Waals surface area contributed by atoms with E-state index in [1.165, 1.54) is 12.1 Å². The highest BCUT2D eigenvalue weighted by Crippen LogP contribution is 2.35. The summed E-state index contributed by atoms with van der Waals surface area (Å²) in [5.41, 5.74) is 3.82. The van der Waals surface area contributed by atoms with E-state index in [9.17, 15) is 4.39 Å². The first-order chi connectivity index (χ1) is 12.9. The predicted molar refractivity (Wildman–Crippen MR) is 113 cm³/mol. The third-order valence-corrected chi connectivity index (χ3v) is 5.06. The van der Waals surface area contributed by atoms with Gasteiger partial charge in [0.1, 0.15) is 12.4 Å². The fraction of sp³-hybridized carbons (Fsp3) is 0.143. The Morgan fingerprint density at radius 2 is 1.74 bits per heavy atom. The SMILES string of the molecule is Cc1cc(Br)ccc1NCc1cc(Cl)c(OCc2cccc(F)c2)c(Cl)c1. The van der Waals surface area contributed by atoms with E-state index in [0.717, 1.165) is 21.3 Å². The molecule has 0 aliphatic carbocycles. The zero-order chi connectivity index (χ0) is 19.4. The monoisotopic (exact) mass is 467 g/mol. The minimum absolute atomic E-state index is 0.187. The summed E-state index contributed by atoms with van der Waals surface area (Å²) in [5.74, 6) is 0.0871. The summed E-state index contributed by atoms with van der Waals surface area (Å²) in [6.07, 6.45) is 0. The summed E-state index contributed by atoms with van der Waals surface area (Å²) in [6.45, 7) is 2.80. The molecule has 2 nitrogen and oxygen atoms in total. The molecule has 0 spiro atoms. The third kappa shape index (κ3) is 5.38. The number of ether oxygens (including phenoxy) is 1. The van der Waals surface area contributed by atoms with Crippen molar-refractivity contribution in [3.8, 4) is 5.75 Å². The van der Waals surface area contributed by atoms with Crippen LogP contribution in [0.1, 0.15) is 16.7 Å². The van der Waals surface area contributed by atoms with Gasteiger partial charge in [0.2, 0.25) is 0 Å². The highest BCUT2D eigenvalue weighted by molar-refractivity contribution is 9.10. The van der Waals surface area contributed by atoms with Crippen LogP contribution < -0.4 is 10.1 Å². The van der Waals surface area contributed by atoms with Gasteiger partial charge < -0.3 is 10.1 Å². The molecule has 0 aliphatic heterocycles. The maximum absolute atomic E-state index is 13.3. The summed E-state index contributed by atoms with van der Waals surface area (Å²) in [4.78, 5) is 0. The Morgan fingerprint density at radius 1 is 1.00 bits per heavy atom. The standard InChI is InChI=1S/C21H17BrCl2FNO/c1-13-7-16(22)5-6-20(13)26-11-15-9-18(23)21(19(24)10-15)27-12-14-3-2-4-17(25)8-14/h2-10,26H,11-12H2,1H3. The second-order valence-electron chi connectivity index (χ2n) is 6.12. The summed E-state index contributed by atoms with van der Waals surface area (Å²) >= 11 is 16.2. The molecule has 3 rings (SSSR count). The van der Waals surface area contributed by atoms with Crippen LogP contribution in [0.15, 0.2) is 59.1 Å². The van der Waals surface area contributed by atoms with Crippen LogP contribution in [0.4, 0.5) is 10.1 Å². The van der Waals surface area contributed by atoms with Crippen LogP contribution in [0.25, 0.3) is 0 Å². The van der Waals surface area contributed by atoms with Crippen LogP contribution in [0.2, 0.25) is 10.0 Å². The Bertz CT molecular complexity index is 942.